The summed E-state index contributed by atoms with van der Waals surface area (Å²) in [7, 11) is -3.78. The van der Waals surface area contributed by atoms with Gasteiger partial charge in [0.1, 0.15) is 0 Å². The largest absolute Gasteiger partial charge is 0.316 e. The van der Waals surface area contributed by atoms with Gasteiger partial charge in [0.15, 0.2) is 0 Å². The second-order valence-electron chi connectivity index (χ2n) is 4.26. The van der Waals surface area contributed by atoms with Crippen molar-refractivity contribution in [3.63, 3.8) is 0 Å². The van der Waals surface area contributed by atoms with Crippen molar-refractivity contribution in [2.24, 2.45) is 5.92 Å². The number of hydrogen-bond donors (Lipinski definition) is 2. The van der Waals surface area contributed by atoms with Crippen molar-refractivity contribution in [2.45, 2.75) is 46.0 Å². The minimum atomic E-state index is -3.78. The fourth-order valence-electron chi connectivity index (χ4n) is 1.63. The smallest absolute Gasteiger partial charge is 0.264 e. The molecule has 16 heavy (non-hydrogen) atoms. The molecule has 1 atom stereocenters. The molecular formula is C11H25NO3S. The molecular weight excluding hydrogens is 226 g/mol. The minimum Gasteiger partial charge on any atom is -0.316 e. The molecule has 0 aromatic heterocycles. The Morgan fingerprint density at radius 1 is 1.25 bits per heavy atom. The van der Waals surface area contributed by atoms with Crippen molar-refractivity contribution in [2.75, 3.05) is 18.8 Å². The predicted octanol–water partition coefficient (Wildman–Crippen LogP) is 2.07. The van der Waals surface area contributed by atoms with E-state index in [1.54, 1.807) is 0 Å². The zero-order valence-corrected chi connectivity index (χ0v) is 11.2. The fourth-order valence-corrected chi connectivity index (χ4v) is 2.14. The standard InChI is InChI=1S/C11H25NO3S/c1-3-5-7-11(4-2)10-12-8-6-9-16(13,14)15/h11-12H,3-10H2,1-2H3,(H,13,14,15). The molecule has 0 saturated heterocycles. The molecule has 0 heterocycles. The second kappa shape index (κ2) is 8.96. The maximum absolute atomic E-state index is 10.5. The van der Waals surface area contributed by atoms with Crippen LogP contribution in [0.4, 0.5) is 0 Å². The Kier molecular flexibility index (Phi) is 8.89. The van der Waals surface area contributed by atoms with Gasteiger partial charge in [0.05, 0.1) is 5.75 Å². The molecule has 0 aromatic rings. The second-order valence-corrected chi connectivity index (χ2v) is 5.83. The van der Waals surface area contributed by atoms with Gasteiger partial charge in [-0.2, -0.15) is 8.42 Å². The van der Waals surface area contributed by atoms with Gasteiger partial charge in [0.2, 0.25) is 0 Å². The molecule has 0 rings (SSSR count). The molecule has 0 saturated carbocycles. The van der Waals surface area contributed by atoms with Crippen molar-refractivity contribution in [3.05, 3.63) is 0 Å². The molecule has 0 bridgehead atoms. The summed E-state index contributed by atoms with van der Waals surface area (Å²) >= 11 is 0. The van der Waals surface area contributed by atoms with Crippen molar-refractivity contribution >= 4 is 10.1 Å². The zero-order chi connectivity index (χ0) is 12.4. The van der Waals surface area contributed by atoms with Crippen LogP contribution in [-0.4, -0.2) is 31.8 Å². The normalized spacial score (nSPS) is 13.9. The molecule has 98 valence electrons. The van der Waals surface area contributed by atoms with E-state index in [2.05, 4.69) is 19.2 Å². The summed E-state index contributed by atoms with van der Waals surface area (Å²) in [6, 6.07) is 0. The average Bonchev–Trinajstić information content (AvgIpc) is 2.20. The Morgan fingerprint density at radius 2 is 1.94 bits per heavy atom. The molecule has 0 aliphatic carbocycles. The van der Waals surface area contributed by atoms with E-state index in [9.17, 15) is 8.42 Å². The van der Waals surface area contributed by atoms with Crippen LogP contribution >= 0.6 is 0 Å². The third-order valence-corrected chi connectivity index (χ3v) is 3.54. The van der Waals surface area contributed by atoms with E-state index in [-0.39, 0.29) is 5.75 Å². The van der Waals surface area contributed by atoms with Crippen LogP contribution in [0.15, 0.2) is 0 Å². The van der Waals surface area contributed by atoms with E-state index in [4.69, 9.17) is 4.55 Å². The molecule has 5 heteroatoms. The number of rotatable bonds is 10. The molecule has 0 amide bonds. The third kappa shape index (κ3) is 10.4. The monoisotopic (exact) mass is 251 g/mol. The molecule has 2 N–H and O–H groups in total. The first kappa shape index (κ1) is 15.9. The number of nitrogens with one attached hydrogen (secondary N) is 1. The topological polar surface area (TPSA) is 66.4 Å². The third-order valence-electron chi connectivity index (χ3n) is 2.73. The summed E-state index contributed by atoms with van der Waals surface area (Å²) in [6.07, 6.45) is 5.34. The Hall–Kier alpha value is -0.130. The molecule has 4 nitrogen and oxygen atoms in total. The first-order chi connectivity index (χ1) is 7.49. The van der Waals surface area contributed by atoms with Gasteiger partial charge >= 0.3 is 0 Å². The van der Waals surface area contributed by atoms with Gasteiger partial charge in [-0.3, -0.25) is 4.55 Å². The highest BCUT2D eigenvalue weighted by molar-refractivity contribution is 7.85. The Labute approximate surface area is 99.6 Å². The highest BCUT2D eigenvalue weighted by Gasteiger charge is 2.06. The first-order valence-corrected chi connectivity index (χ1v) is 7.76. The molecule has 0 aliphatic rings. The van der Waals surface area contributed by atoms with Crippen LogP contribution in [0.3, 0.4) is 0 Å². The van der Waals surface area contributed by atoms with E-state index in [0.717, 1.165) is 13.0 Å². The zero-order valence-electron chi connectivity index (χ0n) is 10.4. The summed E-state index contributed by atoms with van der Waals surface area (Å²) in [4.78, 5) is 0. The predicted molar refractivity (Wildman–Crippen MR) is 67.2 cm³/mol. The number of unbranched alkanes of at least 4 members (excludes halogenated alkanes) is 1. The van der Waals surface area contributed by atoms with E-state index < -0.39 is 10.1 Å². The van der Waals surface area contributed by atoms with Crippen LogP contribution in [0.1, 0.15) is 46.0 Å². The average molecular weight is 251 g/mol. The lowest BCUT2D eigenvalue weighted by Gasteiger charge is -2.14. The summed E-state index contributed by atoms with van der Waals surface area (Å²) in [5, 5.41) is 3.24. The van der Waals surface area contributed by atoms with Crippen molar-refractivity contribution < 1.29 is 13.0 Å². The maximum Gasteiger partial charge on any atom is 0.264 e. The highest BCUT2D eigenvalue weighted by atomic mass is 32.2. The van der Waals surface area contributed by atoms with Gasteiger partial charge < -0.3 is 5.32 Å². The summed E-state index contributed by atoms with van der Waals surface area (Å²) in [6.45, 7) is 5.97. The van der Waals surface area contributed by atoms with Gasteiger partial charge in [0.25, 0.3) is 10.1 Å². The van der Waals surface area contributed by atoms with Gasteiger partial charge in [0, 0.05) is 0 Å². The Bertz CT molecular complexity index is 252. The quantitative estimate of drug-likeness (QED) is 0.461. The maximum atomic E-state index is 10.5. The molecule has 1 unspecified atom stereocenters. The van der Waals surface area contributed by atoms with Crippen LogP contribution in [-0.2, 0) is 10.1 Å². The van der Waals surface area contributed by atoms with Crippen molar-refractivity contribution in [1.29, 1.82) is 0 Å². The molecule has 0 fully saturated rings. The van der Waals surface area contributed by atoms with Gasteiger partial charge in [-0.05, 0) is 31.8 Å². The van der Waals surface area contributed by atoms with Crippen LogP contribution in [0.5, 0.6) is 0 Å². The van der Waals surface area contributed by atoms with E-state index >= 15 is 0 Å². The Balaban J connectivity index is 3.48. The summed E-state index contributed by atoms with van der Waals surface area (Å²) in [5.41, 5.74) is 0. The van der Waals surface area contributed by atoms with E-state index in [1.165, 1.54) is 19.3 Å². The molecule has 0 aromatic carbocycles. The van der Waals surface area contributed by atoms with E-state index in [1.807, 2.05) is 0 Å². The number of hydrogen-bond acceptors (Lipinski definition) is 3. The van der Waals surface area contributed by atoms with Crippen molar-refractivity contribution in [3.8, 4) is 0 Å². The van der Waals surface area contributed by atoms with Crippen LogP contribution in [0, 0.1) is 5.92 Å². The molecule has 0 aliphatic heterocycles. The lowest BCUT2D eigenvalue weighted by molar-refractivity contribution is 0.419. The Morgan fingerprint density at radius 3 is 2.44 bits per heavy atom. The SMILES string of the molecule is CCCCC(CC)CNCCCS(=O)(=O)O. The van der Waals surface area contributed by atoms with Crippen LogP contribution in [0.2, 0.25) is 0 Å². The van der Waals surface area contributed by atoms with Gasteiger partial charge in [-0.1, -0.05) is 33.1 Å². The van der Waals surface area contributed by atoms with Gasteiger partial charge in [-0.25, -0.2) is 0 Å². The van der Waals surface area contributed by atoms with Crippen molar-refractivity contribution in [1.82, 2.24) is 5.32 Å². The lowest BCUT2D eigenvalue weighted by atomic mass is 9.99. The highest BCUT2D eigenvalue weighted by Crippen LogP contribution is 2.10. The molecule has 0 spiro atoms. The van der Waals surface area contributed by atoms with Crippen LogP contribution in [0.25, 0.3) is 0 Å². The molecule has 0 radical (unpaired) electrons. The minimum absolute atomic E-state index is 0.147. The van der Waals surface area contributed by atoms with Crippen LogP contribution < -0.4 is 5.32 Å². The summed E-state index contributed by atoms with van der Waals surface area (Å²) < 4.78 is 29.4. The van der Waals surface area contributed by atoms with Gasteiger partial charge in [-0.15, -0.1) is 0 Å². The summed E-state index contributed by atoms with van der Waals surface area (Å²) in [5.74, 6) is 0.539. The fraction of sp³-hybridized carbons (Fsp3) is 1.00. The first-order valence-electron chi connectivity index (χ1n) is 6.15. The van der Waals surface area contributed by atoms with E-state index in [0.29, 0.717) is 18.9 Å². The lowest BCUT2D eigenvalue weighted by Crippen LogP contribution is -2.25.